The number of aromatic nitrogens is 2. The van der Waals surface area contributed by atoms with Crippen molar-refractivity contribution in [2.75, 3.05) is 6.54 Å². The minimum absolute atomic E-state index is 0.000477. The van der Waals surface area contributed by atoms with Crippen molar-refractivity contribution >= 4 is 5.91 Å². The maximum atomic E-state index is 13.0. The molecular weight excluding hydrogens is 326 g/mol. The summed E-state index contributed by atoms with van der Waals surface area (Å²) in [6.45, 7) is 3.47. The standard InChI is InChI=1S/C21H21N3O2/c1-15(14-24-12-6-11-23-24)13-22-21(25)20-16-7-2-4-9-18(16)26-19-10-5-3-8-17(19)20/h2-12,15,20H,13-14H2,1H3,(H,22,25). The predicted octanol–water partition coefficient (Wildman–Crippen LogP) is 3.57. The molecule has 26 heavy (non-hydrogen) atoms. The number of amides is 1. The highest BCUT2D eigenvalue weighted by atomic mass is 16.5. The van der Waals surface area contributed by atoms with Crippen LogP contribution in [0.25, 0.3) is 0 Å². The number of para-hydroxylation sites is 2. The first-order chi connectivity index (χ1) is 12.7. The highest BCUT2D eigenvalue weighted by Gasteiger charge is 2.32. The molecule has 0 saturated heterocycles. The van der Waals surface area contributed by atoms with Gasteiger partial charge in [0.05, 0.1) is 5.92 Å². The highest BCUT2D eigenvalue weighted by molar-refractivity contribution is 5.89. The molecule has 132 valence electrons. The van der Waals surface area contributed by atoms with Gasteiger partial charge in [0.25, 0.3) is 0 Å². The van der Waals surface area contributed by atoms with Gasteiger partial charge in [0.2, 0.25) is 5.91 Å². The third kappa shape index (κ3) is 3.20. The average molecular weight is 347 g/mol. The fourth-order valence-corrected chi connectivity index (χ4v) is 3.36. The Labute approximate surface area is 152 Å². The van der Waals surface area contributed by atoms with E-state index in [1.165, 1.54) is 0 Å². The third-order valence-electron chi connectivity index (χ3n) is 4.62. The molecule has 5 heteroatoms. The molecule has 5 nitrogen and oxygen atoms in total. The van der Waals surface area contributed by atoms with Crippen molar-refractivity contribution in [3.8, 4) is 11.5 Å². The van der Waals surface area contributed by atoms with E-state index in [0.29, 0.717) is 6.54 Å². The number of ether oxygens (including phenoxy) is 1. The third-order valence-corrected chi connectivity index (χ3v) is 4.62. The van der Waals surface area contributed by atoms with Crippen molar-refractivity contribution in [1.29, 1.82) is 0 Å². The Morgan fingerprint density at radius 2 is 1.77 bits per heavy atom. The van der Waals surface area contributed by atoms with E-state index in [-0.39, 0.29) is 17.7 Å². The summed E-state index contributed by atoms with van der Waals surface area (Å²) < 4.78 is 7.85. The molecule has 0 bridgehead atoms. The molecule has 1 aromatic heterocycles. The molecule has 1 unspecified atom stereocenters. The molecule has 1 amide bonds. The lowest BCUT2D eigenvalue weighted by atomic mass is 9.87. The molecule has 1 aliphatic rings. The molecule has 0 spiro atoms. The van der Waals surface area contributed by atoms with E-state index in [0.717, 1.165) is 29.2 Å². The molecule has 0 saturated carbocycles. The van der Waals surface area contributed by atoms with Gasteiger partial charge < -0.3 is 10.1 Å². The Bertz CT molecular complexity index is 860. The monoisotopic (exact) mass is 347 g/mol. The van der Waals surface area contributed by atoms with Gasteiger partial charge in [0.15, 0.2) is 0 Å². The van der Waals surface area contributed by atoms with Gasteiger partial charge in [-0.3, -0.25) is 9.48 Å². The van der Waals surface area contributed by atoms with Crippen molar-refractivity contribution in [1.82, 2.24) is 15.1 Å². The Kier molecular flexibility index (Phi) is 4.44. The molecule has 4 rings (SSSR count). The predicted molar refractivity (Wildman–Crippen MR) is 99.2 cm³/mol. The molecular formula is C21H21N3O2. The highest BCUT2D eigenvalue weighted by Crippen LogP contribution is 2.43. The largest absolute Gasteiger partial charge is 0.457 e. The molecule has 0 aliphatic carbocycles. The van der Waals surface area contributed by atoms with Crippen molar-refractivity contribution < 1.29 is 9.53 Å². The zero-order chi connectivity index (χ0) is 17.9. The van der Waals surface area contributed by atoms with Crippen molar-refractivity contribution in [2.24, 2.45) is 5.92 Å². The first-order valence-electron chi connectivity index (χ1n) is 8.83. The first-order valence-corrected chi connectivity index (χ1v) is 8.83. The van der Waals surface area contributed by atoms with Gasteiger partial charge in [-0.1, -0.05) is 43.3 Å². The lowest BCUT2D eigenvalue weighted by Gasteiger charge is -2.27. The average Bonchev–Trinajstić information content (AvgIpc) is 3.17. The summed E-state index contributed by atoms with van der Waals surface area (Å²) in [5, 5.41) is 7.33. The van der Waals surface area contributed by atoms with Gasteiger partial charge in [-0.05, 0) is 24.1 Å². The van der Waals surface area contributed by atoms with Gasteiger partial charge in [0.1, 0.15) is 11.5 Å². The number of carbonyl (C=O) groups excluding carboxylic acids is 1. The maximum absolute atomic E-state index is 13.0. The molecule has 3 aromatic rings. The normalized spacial score (nSPS) is 14.0. The minimum atomic E-state index is -0.354. The van der Waals surface area contributed by atoms with E-state index in [1.807, 2.05) is 65.5 Å². The number of nitrogens with zero attached hydrogens (tertiary/aromatic N) is 2. The molecule has 1 N–H and O–H groups in total. The summed E-state index contributed by atoms with van der Waals surface area (Å²) in [4.78, 5) is 13.0. The Hall–Kier alpha value is -3.08. The molecule has 1 aliphatic heterocycles. The number of benzene rings is 2. The van der Waals surface area contributed by atoms with Gasteiger partial charge in [-0.25, -0.2) is 0 Å². The van der Waals surface area contributed by atoms with E-state index >= 15 is 0 Å². The smallest absolute Gasteiger partial charge is 0.232 e. The second-order valence-corrected chi connectivity index (χ2v) is 6.69. The maximum Gasteiger partial charge on any atom is 0.232 e. The van der Waals surface area contributed by atoms with Crippen LogP contribution in [0, 0.1) is 5.92 Å². The van der Waals surface area contributed by atoms with E-state index in [9.17, 15) is 4.79 Å². The van der Waals surface area contributed by atoms with E-state index in [2.05, 4.69) is 17.3 Å². The van der Waals surface area contributed by atoms with Crippen molar-refractivity contribution in [3.05, 3.63) is 78.1 Å². The van der Waals surface area contributed by atoms with Crippen molar-refractivity contribution in [2.45, 2.75) is 19.4 Å². The van der Waals surface area contributed by atoms with Crippen LogP contribution in [-0.4, -0.2) is 22.2 Å². The van der Waals surface area contributed by atoms with Gasteiger partial charge in [0, 0.05) is 36.6 Å². The summed E-state index contributed by atoms with van der Waals surface area (Å²) in [6, 6.07) is 17.4. The quantitative estimate of drug-likeness (QED) is 0.768. The van der Waals surface area contributed by atoms with Crippen LogP contribution >= 0.6 is 0 Å². The number of carbonyl (C=O) groups is 1. The Morgan fingerprint density at radius 1 is 1.12 bits per heavy atom. The lowest BCUT2D eigenvalue weighted by molar-refractivity contribution is -0.122. The van der Waals surface area contributed by atoms with Gasteiger partial charge >= 0.3 is 0 Å². The van der Waals surface area contributed by atoms with Crippen LogP contribution < -0.4 is 10.1 Å². The van der Waals surface area contributed by atoms with Crippen LogP contribution in [0.4, 0.5) is 0 Å². The SMILES string of the molecule is CC(CNC(=O)C1c2ccccc2Oc2ccccc21)Cn1cccn1. The van der Waals surface area contributed by atoms with Gasteiger partial charge in [-0.15, -0.1) is 0 Å². The molecule has 2 aromatic carbocycles. The number of hydrogen-bond donors (Lipinski definition) is 1. The lowest BCUT2D eigenvalue weighted by Crippen LogP contribution is -2.35. The van der Waals surface area contributed by atoms with Crippen LogP contribution in [0.15, 0.2) is 67.0 Å². The summed E-state index contributed by atoms with van der Waals surface area (Å²) in [5.41, 5.74) is 1.81. The van der Waals surface area contributed by atoms with E-state index in [1.54, 1.807) is 6.20 Å². The molecule has 0 radical (unpaired) electrons. The summed E-state index contributed by atoms with van der Waals surface area (Å²) >= 11 is 0. The summed E-state index contributed by atoms with van der Waals surface area (Å²) in [6.07, 6.45) is 3.70. The number of fused-ring (bicyclic) bond motifs is 2. The second kappa shape index (κ2) is 7.04. The van der Waals surface area contributed by atoms with Crippen molar-refractivity contribution in [3.63, 3.8) is 0 Å². The minimum Gasteiger partial charge on any atom is -0.457 e. The zero-order valence-corrected chi connectivity index (χ0v) is 14.6. The zero-order valence-electron chi connectivity index (χ0n) is 14.6. The van der Waals surface area contributed by atoms with Gasteiger partial charge in [-0.2, -0.15) is 5.10 Å². The van der Waals surface area contributed by atoms with E-state index in [4.69, 9.17) is 4.74 Å². The summed E-state index contributed by atoms with van der Waals surface area (Å²) in [5.74, 6) is 1.42. The Morgan fingerprint density at radius 3 is 2.38 bits per heavy atom. The second-order valence-electron chi connectivity index (χ2n) is 6.69. The summed E-state index contributed by atoms with van der Waals surface area (Å²) in [7, 11) is 0. The fraction of sp³-hybridized carbons (Fsp3) is 0.238. The molecule has 2 heterocycles. The Balaban J connectivity index is 1.52. The van der Waals surface area contributed by atoms with Crippen LogP contribution in [-0.2, 0) is 11.3 Å². The first kappa shape index (κ1) is 16.4. The number of rotatable bonds is 5. The van der Waals surface area contributed by atoms with Crippen LogP contribution in [0.2, 0.25) is 0 Å². The van der Waals surface area contributed by atoms with E-state index < -0.39 is 0 Å². The van der Waals surface area contributed by atoms with Crippen LogP contribution in [0.3, 0.4) is 0 Å². The molecule has 1 atom stereocenters. The topological polar surface area (TPSA) is 56.1 Å². The number of hydrogen-bond acceptors (Lipinski definition) is 3. The number of nitrogens with one attached hydrogen (secondary N) is 1. The van der Waals surface area contributed by atoms with Crippen LogP contribution in [0.1, 0.15) is 24.0 Å². The fourth-order valence-electron chi connectivity index (χ4n) is 3.36. The van der Waals surface area contributed by atoms with Crippen LogP contribution in [0.5, 0.6) is 11.5 Å². The molecule has 0 fully saturated rings.